The Morgan fingerprint density at radius 2 is 1.69 bits per heavy atom. The maximum Gasteiger partial charge on any atom is 0.229 e. The van der Waals surface area contributed by atoms with Gasteiger partial charge in [0.05, 0.1) is 18.3 Å². The Hall–Kier alpha value is -4.99. The molecule has 10 heteroatoms. The first-order valence-electron chi connectivity index (χ1n) is 12.7. The molecule has 0 bridgehead atoms. The number of carbonyl (C=O) groups is 1. The molecule has 2 aromatic carbocycles. The molecule has 3 aromatic heterocycles. The zero-order valence-corrected chi connectivity index (χ0v) is 22.4. The molecule has 0 spiro atoms. The van der Waals surface area contributed by atoms with Gasteiger partial charge in [0.1, 0.15) is 5.82 Å². The van der Waals surface area contributed by atoms with E-state index in [4.69, 9.17) is 0 Å². The highest BCUT2D eigenvalue weighted by atomic mass is 16.1. The number of aromatic nitrogens is 6. The molecule has 0 radical (unpaired) electrons. The predicted molar refractivity (Wildman–Crippen MR) is 153 cm³/mol. The highest BCUT2D eigenvalue weighted by Gasteiger charge is 2.11. The summed E-state index contributed by atoms with van der Waals surface area (Å²) in [4.78, 5) is 21.9. The molecule has 1 amide bonds. The molecular formula is C29H31N9O. The number of benzene rings is 2. The van der Waals surface area contributed by atoms with E-state index < -0.39 is 0 Å². The first-order chi connectivity index (χ1) is 18.8. The number of aromatic amines is 1. The molecule has 5 aromatic rings. The average molecular weight is 522 g/mol. The lowest BCUT2D eigenvalue weighted by Crippen LogP contribution is -2.14. The number of rotatable bonds is 9. The van der Waals surface area contributed by atoms with Crippen molar-refractivity contribution < 1.29 is 4.79 Å². The number of hydrogen-bond acceptors (Lipinski definition) is 7. The van der Waals surface area contributed by atoms with Crippen LogP contribution >= 0.6 is 0 Å². The average Bonchev–Trinajstić information content (AvgIpc) is 3.53. The van der Waals surface area contributed by atoms with E-state index in [-0.39, 0.29) is 12.3 Å². The number of anilines is 5. The van der Waals surface area contributed by atoms with Gasteiger partial charge in [-0.2, -0.15) is 15.2 Å². The van der Waals surface area contributed by atoms with Crippen LogP contribution in [-0.2, 0) is 18.3 Å². The fourth-order valence-electron chi connectivity index (χ4n) is 4.06. The summed E-state index contributed by atoms with van der Waals surface area (Å²) in [6.45, 7) is 6.23. The smallest absolute Gasteiger partial charge is 0.229 e. The monoisotopic (exact) mass is 521 g/mol. The highest BCUT2D eigenvalue weighted by molar-refractivity contribution is 5.92. The lowest BCUT2D eigenvalue weighted by molar-refractivity contribution is -0.115. The maximum atomic E-state index is 12.6. The van der Waals surface area contributed by atoms with E-state index in [1.54, 1.807) is 10.9 Å². The first-order valence-corrected chi connectivity index (χ1v) is 12.7. The molecule has 0 aliphatic carbocycles. The Bertz CT molecular complexity index is 1570. The van der Waals surface area contributed by atoms with Crippen LogP contribution in [0.4, 0.5) is 29.0 Å². The summed E-state index contributed by atoms with van der Waals surface area (Å²) in [6.07, 6.45) is 3.93. The topological polar surface area (TPSA) is 125 Å². The highest BCUT2D eigenvalue weighted by Crippen LogP contribution is 2.25. The van der Waals surface area contributed by atoms with Gasteiger partial charge in [-0.15, -0.1) is 0 Å². The normalized spacial score (nSPS) is 11.0. The quantitative estimate of drug-likeness (QED) is 0.196. The van der Waals surface area contributed by atoms with Gasteiger partial charge in [0.2, 0.25) is 11.9 Å². The fraction of sp³-hybridized carbons (Fsp3) is 0.207. The minimum absolute atomic E-state index is 0.0650. The number of hydrogen-bond donors (Lipinski definition) is 4. The molecule has 3 heterocycles. The summed E-state index contributed by atoms with van der Waals surface area (Å²) in [5, 5.41) is 20.9. The Morgan fingerprint density at radius 3 is 2.33 bits per heavy atom. The van der Waals surface area contributed by atoms with Crippen molar-refractivity contribution in [3.05, 3.63) is 89.9 Å². The number of carbonyl (C=O) groups excluding carboxylic acids is 1. The number of aryl methyl sites for hydroxylation is 2. The molecule has 4 N–H and O–H groups in total. The van der Waals surface area contributed by atoms with Gasteiger partial charge in [-0.1, -0.05) is 38.1 Å². The van der Waals surface area contributed by atoms with Crippen molar-refractivity contribution >= 4 is 34.9 Å². The Morgan fingerprint density at radius 1 is 0.949 bits per heavy atom. The van der Waals surface area contributed by atoms with Crippen molar-refractivity contribution in [1.82, 2.24) is 29.9 Å². The lowest BCUT2D eigenvalue weighted by atomic mass is 10.0. The summed E-state index contributed by atoms with van der Waals surface area (Å²) in [7, 11) is 1.86. The van der Waals surface area contributed by atoms with Crippen LogP contribution in [0.5, 0.6) is 0 Å². The molecule has 0 saturated heterocycles. The van der Waals surface area contributed by atoms with Crippen LogP contribution in [0.2, 0.25) is 0 Å². The minimum Gasteiger partial charge on any atom is -0.326 e. The van der Waals surface area contributed by atoms with Gasteiger partial charge in [-0.25, -0.2) is 4.98 Å². The van der Waals surface area contributed by atoms with Crippen LogP contribution in [0.1, 0.15) is 36.6 Å². The lowest BCUT2D eigenvalue weighted by Gasteiger charge is -2.11. The van der Waals surface area contributed by atoms with Crippen LogP contribution in [0.3, 0.4) is 0 Å². The van der Waals surface area contributed by atoms with Crippen LogP contribution in [0.25, 0.3) is 11.3 Å². The standard InChI is InChI=1S/C29H31N9O/c1-18(2)21-7-11-23(12-8-21)31-28(39)14-20-5-9-24(10-6-20)32-29-33-25(22-16-30-38(4)17-22)15-26(35-29)34-27-13-19(3)36-37-27/h5-13,15-18H,14H2,1-4H3,(H,31,39)(H3,32,33,34,35,36,37). The summed E-state index contributed by atoms with van der Waals surface area (Å²) in [5.74, 6) is 2.06. The summed E-state index contributed by atoms with van der Waals surface area (Å²) in [5.41, 5.74) is 6.25. The van der Waals surface area contributed by atoms with Crippen LogP contribution in [-0.4, -0.2) is 35.9 Å². The minimum atomic E-state index is -0.0650. The fourth-order valence-corrected chi connectivity index (χ4v) is 4.06. The number of amides is 1. The van der Waals surface area contributed by atoms with E-state index in [2.05, 4.69) is 55.1 Å². The van der Waals surface area contributed by atoms with E-state index in [1.165, 1.54) is 5.56 Å². The largest absolute Gasteiger partial charge is 0.326 e. The van der Waals surface area contributed by atoms with Crippen molar-refractivity contribution in [2.45, 2.75) is 33.1 Å². The molecule has 39 heavy (non-hydrogen) atoms. The zero-order valence-electron chi connectivity index (χ0n) is 22.4. The van der Waals surface area contributed by atoms with E-state index in [0.29, 0.717) is 29.2 Å². The number of nitrogens with zero attached hydrogens (tertiary/aromatic N) is 5. The molecule has 10 nitrogen and oxygen atoms in total. The molecule has 0 atom stereocenters. The van der Waals surface area contributed by atoms with E-state index in [0.717, 1.165) is 28.2 Å². The molecule has 5 rings (SSSR count). The molecule has 0 fully saturated rings. The third-order valence-corrected chi connectivity index (χ3v) is 6.12. The molecule has 0 aliphatic heterocycles. The second-order valence-corrected chi connectivity index (χ2v) is 9.75. The van der Waals surface area contributed by atoms with Gasteiger partial charge >= 0.3 is 0 Å². The third-order valence-electron chi connectivity index (χ3n) is 6.12. The number of H-pyrrole nitrogens is 1. The van der Waals surface area contributed by atoms with Crippen LogP contribution in [0, 0.1) is 6.92 Å². The SMILES string of the molecule is Cc1cc(Nc2cc(-c3cnn(C)c3)nc(Nc3ccc(CC(=O)Nc4ccc(C(C)C)cc4)cc3)n2)n[nH]1. The van der Waals surface area contributed by atoms with Crippen molar-refractivity contribution in [3.8, 4) is 11.3 Å². The van der Waals surface area contributed by atoms with Crippen molar-refractivity contribution in [2.24, 2.45) is 7.05 Å². The van der Waals surface area contributed by atoms with Crippen molar-refractivity contribution in [1.29, 1.82) is 0 Å². The Balaban J connectivity index is 1.28. The van der Waals surface area contributed by atoms with Gasteiger partial charge in [0.15, 0.2) is 5.82 Å². The van der Waals surface area contributed by atoms with Crippen LogP contribution in [0.15, 0.2) is 73.1 Å². The van der Waals surface area contributed by atoms with Crippen LogP contribution < -0.4 is 16.0 Å². The predicted octanol–water partition coefficient (Wildman–Crippen LogP) is 5.70. The number of nitrogens with one attached hydrogen (secondary N) is 4. The van der Waals surface area contributed by atoms with E-state index in [1.807, 2.05) is 80.8 Å². The second-order valence-electron chi connectivity index (χ2n) is 9.75. The van der Waals surface area contributed by atoms with E-state index >= 15 is 0 Å². The molecule has 198 valence electrons. The van der Waals surface area contributed by atoms with E-state index in [9.17, 15) is 4.79 Å². The maximum absolute atomic E-state index is 12.6. The van der Waals surface area contributed by atoms with Gasteiger partial charge in [-0.3, -0.25) is 14.6 Å². The molecular weight excluding hydrogens is 490 g/mol. The third kappa shape index (κ3) is 6.67. The molecule has 0 saturated carbocycles. The molecule has 0 unspecified atom stereocenters. The second kappa shape index (κ2) is 11.2. The summed E-state index contributed by atoms with van der Waals surface area (Å²) >= 11 is 0. The Kier molecular flexibility index (Phi) is 7.35. The van der Waals surface area contributed by atoms with Gasteiger partial charge < -0.3 is 16.0 Å². The van der Waals surface area contributed by atoms with Crippen molar-refractivity contribution in [2.75, 3.05) is 16.0 Å². The molecule has 0 aliphatic rings. The summed E-state index contributed by atoms with van der Waals surface area (Å²) in [6, 6.07) is 19.4. The summed E-state index contributed by atoms with van der Waals surface area (Å²) < 4.78 is 1.73. The Labute approximate surface area is 226 Å². The van der Waals surface area contributed by atoms with Gasteiger partial charge in [-0.05, 0) is 48.2 Å². The van der Waals surface area contributed by atoms with Crippen molar-refractivity contribution in [3.63, 3.8) is 0 Å². The first kappa shape index (κ1) is 25.7. The zero-order chi connectivity index (χ0) is 27.4. The van der Waals surface area contributed by atoms with Gasteiger partial charge in [0, 0.05) is 48.0 Å². The van der Waals surface area contributed by atoms with Gasteiger partial charge in [0.25, 0.3) is 0 Å².